The van der Waals surface area contributed by atoms with Crippen LogP contribution in [0.15, 0.2) is 59.6 Å². The first-order chi connectivity index (χ1) is 12.2. The topological polar surface area (TPSA) is 48.9 Å². The highest BCUT2D eigenvalue weighted by Crippen LogP contribution is 2.17. The summed E-state index contributed by atoms with van der Waals surface area (Å²) in [6, 6.07) is 18.4. The average molecular weight is 340 g/mol. The van der Waals surface area contributed by atoms with Crippen LogP contribution in [0.2, 0.25) is 0 Å². The summed E-state index contributed by atoms with van der Waals surface area (Å²) in [5.74, 6) is 1.68. The number of benzene rings is 2. The minimum atomic E-state index is 0.659. The number of nitrogens with zero attached hydrogens (tertiary/aromatic N) is 2. The molecule has 0 bridgehead atoms. The van der Waals surface area contributed by atoms with Gasteiger partial charge in [0.05, 0.1) is 0 Å². The van der Waals surface area contributed by atoms with Crippen LogP contribution in [0.1, 0.15) is 11.1 Å². The minimum absolute atomic E-state index is 0.659. The van der Waals surface area contributed by atoms with E-state index in [1.54, 1.807) is 7.05 Å². The maximum absolute atomic E-state index is 5.90. The molecule has 0 fully saturated rings. The zero-order chi connectivity index (χ0) is 17.9. The molecule has 0 heterocycles. The van der Waals surface area contributed by atoms with Crippen molar-refractivity contribution in [3.8, 4) is 5.75 Å². The van der Waals surface area contributed by atoms with Gasteiger partial charge in [-0.2, -0.15) is 0 Å². The van der Waals surface area contributed by atoms with E-state index in [2.05, 4.69) is 38.7 Å². The molecule has 2 aromatic carbocycles. The summed E-state index contributed by atoms with van der Waals surface area (Å²) in [6.45, 7) is 2.96. The van der Waals surface area contributed by atoms with Crippen LogP contribution in [0.25, 0.3) is 0 Å². The second kappa shape index (κ2) is 10.4. The lowest BCUT2D eigenvalue weighted by Gasteiger charge is -2.16. The van der Waals surface area contributed by atoms with E-state index in [4.69, 9.17) is 4.74 Å². The highest BCUT2D eigenvalue weighted by Gasteiger charge is 2.05. The molecule has 2 rings (SSSR count). The van der Waals surface area contributed by atoms with Crippen LogP contribution in [0.4, 0.5) is 0 Å². The van der Waals surface area contributed by atoms with E-state index in [-0.39, 0.29) is 0 Å². The second-order valence-corrected chi connectivity index (χ2v) is 6.02. The molecule has 0 atom stereocenters. The van der Waals surface area contributed by atoms with E-state index >= 15 is 0 Å². The summed E-state index contributed by atoms with van der Waals surface area (Å²) in [7, 11) is 5.86. The molecule has 0 amide bonds. The molecule has 0 saturated carbocycles. The maximum Gasteiger partial charge on any atom is 0.191 e. The number of aliphatic imine (C=N–C) groups is 1. The lowest BCUT2D eigenvalue weighted by atomic mass is 10.2. The van der Waals surface area contributed by atoms with E-state index in [9.17, 15) is 0 Å². The highest BCUT2D eigenvalue weighted by molar-refractivity contribution is 5.79. The zero-order valence-corrected chi connectivity index (χ0v) is 15.3. The van der Waals surface area contributed by atoms with E-state index in [1.165, 1.54) is 5.56 Å². The van der Waals surface area contributed by atoms with Crippen molar-refractivity contribution in [2.24, 2.45) is 4.99 Å². The number of guanidine groups is 1. The molecular formula is C20H28N4O. The molecule has 0 spiro atoms. The third-order valence-corrected chi connectivity index (χ3v) is 3.74. The van der Waals surface area contributed by atoms with Gasteiger partial charge in [0.2, 0.25) is 0 Å². The zero-order valence-electron chi connectivity index (χ0n) is 15.3. The Bertz CT molecular complexity index is 656. The Kier molecular flexibility index (Phi) is 7.79. The van der Waals surface area contributed by atoms with Crippen LogP contribution in [-0.4, -0.2) is 45.2 Å². The van der Waals surface area contributed by atoms with Crippen LogP contribution in [0.5, 0.6) is 5.75 Å². The number of nitrogens with one attached hydrogen (secondary N) is 2. The van der Waals surface area contributed by atoms with Gasteiger partial charge in [0.15, 0.2) is 5.96 Å². The van der Waals surface area contributed by atoms with Gasteiger partial charge >= 0.3 is 0 Å². The Morgan fingerprint density at radius 2 is 1.64 bits per heavy atom. The predicted molar refractivity (Wildman–Crippen MR) is 104 cm³/mol. The largest absolute Gasteiger partial charge is 0.492 e. The molecule has 5 nitrogen and oxygen atoms in total. The van der Waals surface area contributed by atoms with Gasteiger partial charge in [-0.25, -0.2) is 0 Å². The van der Waals surface area contributed by atoms with Crippen LogP contribution in [0.3, 0.4) is 0 Å². The number of likely N-dealkylation sites (N-methyl/N-ethyl adjacent to an activating group) is 1. The molecule has 0 radical (unpaired) electrons. The Balaban J connectivity index is 1.86. The molecule has 0 unspecified atom stereocenters. The Hall–Kier alpha value is -2.53. The fourth-order valence-corrected chi connectivity index (χ4v) is 2.31. The van der Waals surface area contributed by atoms with Gasteiger partial charge in [-0.1, -0.05) is 48.5 Å². The fourth-order valence-electron chi connectivity index (χ4n) is 2.31. The summed E-state index contributed by atoms with van der Waals surface area (Å²) >= 11 is 0. The maximum atomic E-state index is 5.90. The summed E-state index contributed by atoms with van der Waals surface area (Å²) in [4.78, 5) is 6.39. The van der Waals surface area contributed by atoms with Crippen LogP contribution < -0.4 is 15.4 Å². The molecule has 0 aromatic heterocycles. The number of para-hydroxylation sites is 1. The fraction of sp³-hybridized carbons (Fsp3) is 0.350. The minimum Gasteiger partial charge on any atom is -0.492 e. The first-order valence-electron chi connectivity index (χ1n) is 8.53. The van der Waals surface area contributed by atoms with Crippen LogP contribution >= 0.6 is 0 Å². The number of ether oxygens (including phenoxy) is 1. The molecule has 0 aliphatic carbocycles. The summed E-state index contributed by atoms with van der Waals surface area (Å²) in [6.07, 6.45) is 0. The lowest BCUT2D eigenvalue weighted by Crippen LogP contribution is -2.36. The lowest BCUT2D eigenvalue weighted by molar-refractivity contribution is 0.259. The van der Waals surface area contributed by atoms with Crippen molar-refractivity contribution in [1.29, 1.82) is 0 Å². The van der Waals surface area contributed by atoms with Gasteiger partial charge < -0.3 is 20.3 Å². The Labute approximate surface area is 150 Å². The second-order valence-electron chi connectivity index (χ2n) is 6.02. The third kappa shape index (κ3) is 6.85. The summed E-state index contributed by atoms with van der Waals surface area (Å²) in [5.41, 5.74) is 2.33. The smallest absolute Gasteiger partial charge is 0.191 e. The van der Waals surface area contributed by atoms with Crippen molar-refractivity contribution in [2.45, 2.75) is 13.1 Å². The monoisotopic (exact) mass is 340 g/mol. The van der Waals surface area contributed by atoms with E-state index in [0.717, 1.165) is 30.4 Å². The van der Waals surface area contributed by atoms with Crippen molar-refractivity contribution in [3.05, 3.63) is 65.7 Å². The molecule has 5 heteroatoms. The quantitative estimate of drug-likeness (QED) is 0.573. The van der Waals surface area contributed by atoms with E-state index in [1.807, 2.05) is 50.5 Å². The highest BCUT2D eigenvalue weighted by atomic mass is 16.5. The third-order valence-electron chi connectivity index (χ3n) is 3.74. The van der Waals surface area contributed by atoms with Crippen LogP contribution in [0, 0.1) is 0 Å². The van der Waals surface area contributed by atoms with Crippen molar-refractivity contribution >= 4 is 5.96 Å². The van der Waals surface area contributed by atoms with Crippen molar-refractivity contribution < 1.29 is 4.74 Å². The molecule has 0 aliphatic heterocycles. The molecule has 2 aromatic rings. The molecule has 0 saturated heterocycles. The van der Waals surface area contributed by atoms with E-state index < -0.39 is 0 Å². The number of hydrogen-bond donors (Lipinski definition) is 2. The summed E-state index contributed by atoms with van der Waals surface area (Å²) < 4.78 is 5.90. The van der Waals surface area contributed by atoms with Gasteiger partial charge in [0, 0.05) is 32.2 Å². The van der Waals surface area contributed by atoms with Gasteiger partial charge in [-0.05, 0) is 25.7 Å². The van der Waals surface area contributed by atoms with Crippen molar-refractivity contribution in [1.82, 2.24) is 15.5 Å². The number of hydrogen-bond acceptors (Lipinski definition) is 3. The SMILES string of the molecule is CN=C(NCc1ccccc1)NCc1ccccc1OCCN(C)C. The Morgan fingerprint density at radius 3 is 2.36 bits per heavy atom. The van der Waals surface area contributed by atoms with Gasteiger partial charge in [0.25, 0.3) is 0 Å². The normalized spacial score (nSPS) is 11.4. The molecule has 2 N–H and O–H groups in total. The standard InChI is InChI=1S/C20H28N4O/c1-21-20(22-15-17-9-5-4-6-10-17)23-16-18-11-7-8-12-19(18)25-14-13-24(2)3/h4-12H,13-16H2,1-3H3,(H2,21,22,23). The average Bonchev–Trinajstić information content (AvgIpc) is 2.63. The van der Waals surface area contributed by atoms with Gasteiger partial charge in [-0.3, -0.25) is 4.99 Å². The number of rotatable bonds is 8. The molecule has 25 heavy (non-hydrogen) atoms. The van der Waals surface area contributed by atoms with Crippen molar-refractivity contribution in [3.63, 3.8) is 0 Å². The van der Waals surface area contributed by atoms with Gasteiger partial charge in [0.1, 0.15) is 12.4 Å². The van der Waals surface area contributed by atoms with Crippen molar-refractivity contribution in [2.75, 3.05) is 34.3 Å². The molecule has 0 aliphatic rings. The van der Waals surface area contributed by atoms with Gasteiger partial charge in [-0.15, -0.1) is 0 Å². The Morgan fingerprint density at radius 1 is 0.960 bits per heavy atom. The summed E-state index contributed by atoms with van der Waals surface area (Å²) in [5, 5.41) is 6.67. The first kappa shape index (κ1) is 18.8. The van der Waals surface area contributed by atoms with Crippen LogP contribution in [-0.2, 0) is 13.1 Å². The first-order valence-corrected chi connectivity index (χ1v) is 8.53. The molecular weight excluding hydrogens is 312 g/mol. The predicted octanol–water partition coefficient (Wildman–Crippen LogP) is 2.49. The molecule has 134 valence electrons. The van der Waals surface area contributed by atoms with E-state index in [0.29, 0.717) is 13.2 Å².